The van der Waals surface area contributed by atoms with Crippen molar-refractivity contribution in [3.8, 4) is 11.5 Å². The fourth-order valence-electron chi connectivity index (χ4n) is 2.29. The highest BCUT2D eigenvalue weighted by Crippen LogP contribution is 2.31. The smallest absolute Gasteiger partial charge is 0.161 e. The molecule has 0 fully saturated rings. The number of ether oxygens (including phenoxy) is 4. The van der Waals surface area contributed by atoms with Crippen molar-refractivity contribution in [3.63, 3.8) is 0 Å². The van der Waals surface area contributed by atoms with Gasteiger partial charge in [-0.05, 0) is 24.1 Å². The van der Waals surface area contributed by atoms with Crippen molar-refractivity contribution in [2.45, 2.75) is 12.7 Å². The van der Waals surface area contributed by atoms with Gasteiger partial charge in [0.2, 0.25) is 0 Å². The Morgan fingerprint density at radius 3 is 2.47 bits per heavy atom. The first-order valence-electron chi connectivity index (χ1n) is 6.42. The molecule has 1 atom stereocenters. The molecule has 5 nitrogen and oxygen atoms in total. The van der Waals surface area contributed by atoms with Gasteiger partial charge < -0.3 is 24.7 Å². The van der Waals surface area contributed by atoms with Gasteiger partial charge in [0.05, 0.1) is 0 Å². The molecular formula is C14H21NO4. The predicted octanol–water partition coefficient (Wildman–Crippen LogP) is 1.19. The Balaban J connectivity index is 2.09. The van der Waals surface area contributed by atoms with Gasteiger partial charge in [0.1, 0.15) is 13.2 Å². The van der Waals surface area contributed by atoms with Crippen LogP contribution in [0.5, 0.6) is 11.5 Å². The number of nitrogens with two attached hydrogens (primary N) is 1. The Hall–Kier alpha value is -1.30. The molecule has 0 saturated heterocycles. The first-order chi connectivity index (χ1) is 9.28. The van der Waals surface area contributed by atoms with Crippen molar-refractivity contribution in [2.75, 3.05) is 34.0 Å². The molecule has 0 amide bonds. The van der Waals surface area contributed by atoms with Crippen LogP contribution in [0.15, 0.2) is 18.2 Å². The molecule has 0 bridgehead atoms. The molecule has 1 aromatic carbocycles. The van der Waals surface area contributed by atoms with E-state index in [0.717, 1.165) is 23.5 Å². The van der Waals surface area contributed by atoms with Crippen LogP contribution in [0.25, 0.3) is 0 Å². The van der Waals surface area contributed by atoms with Gasteiger partial charge in [0.15, 0.2) is 17.8 Å². The molecular weight excluding hydrogens is 246 g/mol. The summed E-state index contributed by atoms with van der Waals surface area (Å²) in [6.07, 6.45) is 0.484. The average Bonchev–Trinajstić information content (AvgIpc) is 2.47. The Bertz CT molecular complexity index is 406. The van der Waals surface area contributed by atoms with Crippen molar-refractivity contribution in [1.82, 2.24) is 0 Å². The van der Waals surface area contributed by atoms with Crippen molar-refractivity contribution < 1.29 is 18.9 Å². The highest BCUT2D eigenvalue weighted by Gasteiger charge is 2.21. The van der Waals surface area contributed by atoms with E-state index in [9.17, 15) is 0 Å². The van der Waals surface area contributed by atoms with E-state index in [1.807, 2.05) is 18.2 Å². The number of hydrogen-bond acceptors (Lipinski definition) is 5. The van der Waals surface area contributed by atoms with Crippen LogP contribution >= 0.6 is 0 Å². The minimum absolute atomic E-state index is 0.109. The molecule has 0 aromatic heterocycles. The van der Waals surface area contributed by atoms with E-state index in [-0.39, 0.29) is 12.2 Å². The second-order valence-corrected chi connectivity index (χ2v) is 4.52. The Labute approximate surface area is 113 Å². The summed E-state index contributed by atoms with van der Waals surface area (Å²) >= 11 is 0. The number of benzene rings is 1. The van der Waals surface area contributed by atoms with Crippen molar-refractivity contribution >= 4 is 0 Å². The van der Waals surface area contributed by atoms with Crippen molar-refractivity contribution in [3.05, 3.63) is 23.8 Å². The second-order valence-electron chi connectivity index (χ2n) is 4.52. The molecule has 1 aromatic rings. The molecule has 1 aliphatic heterocycles. The standard InChI is InChI=1S/C14H21NO4/c1-16-14(17-2)11(9-15)7-10-3-4-12-13(8-10)19-6-5-18-12/h3-4,8,11,14H,5-7,9,15H2,1-2H3. The van der Waals surface area contributed by atoms with Crippen LogP contribution in [0.1, 0.15) is 5.56 Å². The SMILES string of the molecule is COC(OC)C(CN)Cc1ccc2c(c1)OCCO2. The molecule has 0 aliphatic carbocycles. The third-order valence-corrected chi connectivity index (χ3v) is 3.26. The monoisotopic (exact) mass is 267 g/mol. The Morgan fingerprint density at radius 1 is 1.16 bits per heavy atom. The molecule has 106 valence electrons. The van der Waals surface area contributed by atoms with Gasteiger partial charge in [-0.2, -0.15) is 0 Å². The van der Waals surface area contributed by atoms with Crippen LogP contribution < -0.4 is 15.2 Å². The van der Waals surface area contributed by atoms with Gasteiger partial charge in [-0.1, -0.05) is 6.07 Å². The summed E-state index contributed by atoms with van der Waals surface area (Å²) in [6, 6.07) is 5.96. The van der Waals surface area contributed by atoms with E-state index in [4.69, 9.17) is 24.7 Å². The number of fused-ring (bicyclic) bond motifs is 1. The average molecular weight is 267 g/mol. The molecule has 2 rings (SSSR count). The van der Waals surface area contributed by atoms with Crippen LogP contribution in [0.4, 0.5) is 0 Å². The molecule has 0 spiro atoms. The van der Waals surface area contributed by atoms with Crippen molar-refractivity contribution in [2.24, 2.45) is 11.7 Å². The Morgan fingerprint density at radius 2 is 1.84 bits per heavy atom. The quantitative estimate of drug-likeness (QED) is 0.785. The molecule has 1 heterocycles. The number of rotatable bonds is 6. The maximum atomic E-state index is 5.79. The highest BCUT2D eigenvalue weighted by molar-refractivity contribution is 5.43. The van der Waals surface area contributed by atoms with E-state index in [2.05, 4.69) is 0 Å². The Kier molecular flexibility index (Phi) is 5.01. The normalized spacial score (nSPS) is 15.6. The molecule has 2 N–H and O–H groups in total. The van der Waals surface area contributed by atoms with E-state index in [1.54, 1.807) is 14.2 Å². The largest absolute Gasteiger partial charge is 0.486 e. The third kappa shape index (κ3) is 3.37. The second kappa shape index (κ2) is 6.75. The third-order valence-electron chi connectivity index (χ3n) is 3.26. The molecule has 0 saturated carbocycles. The van der Waals surface area contributed by atoms with Gasteiger partial charge in [-0.25, -0.2) is 0 Å². The maximum absolute atomic E-state index is 5.79. The van der Waals surface area contributed by atoms with Gasteiger partial charge >= 0.3 is 0 Å². The summed E-state index contributed by atoms with van der Waals surface area (Å²) in [5.74, 6) is 1.71. The lowest BCUT2D eigenvalue weighted by Gasteiger charge is -2.24. The summed E-state index contributed by atoms with van der Waals surface area (Å²) in [6.45, 7) is 1.70. The van der Waals surface area contributed by atoms with Crippen LogP contribution in [-0.4, -0.2) is 40.3 Å². The molecule has 19 heavy (non-hydrogen) atoms. The zero-order valence-corrected chi connectivity index (χ0v) is 11.4. The van der Waals surface area contributed by atoms with E-state index in [0.29, 0.717) is 19.8 Å². The zero-order valence-electron chi connectivity index (χ0n) is 11.4. The minimum atomic E-state index is -0.293. The molecule has 1 aliphatic rings. The summed E-state index contributed by atoms with van der Waals surface area (Å²) in [5, 5.41) is 0. The number of methoxy groups -OCH3 is 2. The van der Waals surface area contributed by atoms with Gasteiger partial charge in [-0.3, -0.25) is 0 Å². The van der Waals surface area contributed by atoms with Crippen LogP contribution in [0, 0.1) is 5.92 Å². The number of hydrogen-bond donors (Lipinski definition) is 1. The highest BCUT2D eigenvalue weighted by atomic mass is 16.7. The van der Waals surface area contributed by atoms with Gasteiger partial charge in [-0.15, -0.1) is 0 Å². The van der Waals surface area contributed by atoms with Crippen LogP contribution in [0.3, 0.4) is 0 Å². The minimum Gasteiger partial charge on any atom is -0.486 e. The summed E-state index contributed by atoms with van der Waals surface area (Å²) in [4.78, 5) is 0. The molecule has 0 radical (unpaired) electrons. The van der Waals surface area contributed by atoms with Crippen molar-refractivity contribution in [1.29, 1.82) is 0 Å². The van der Waals surface area contributed by atoms with Crippen LogP contribution in [0.2, 0.25) is 0 Å². The molecule has 1 unspecified atom stereocenters. The van der Waals surface area contributed by atoms with Gasteiger partial charge in [0, 0.05) is 26.7 Å². The summed E-state index contributed by atoms with van der Waals surface area (Å²) < 4.78 is 21.6. The lowest BCUT2D eigenvalue weighted by molar-refractivity contribution is -0.134. The zero-order chi connectivity index (χ0) is 13.7. The van der Waals surface area contributed by atoms with E-state index < -0.39 is 0 Å². The molecule has 5 heteroatoms. The summed E-state index contributed by atoms with van der Waals surface area (Å²) in [5.41, 5.74) is 6.93. The van der Waals surface area contributed by atoms with Crippen LogP contribution in [-0.2, 0) is 15.9 Å². The first-order valence-corrected chi connectivity index (χ1v) is 6.42. The van der Waals surface area contributed by atoms with E-state index in [1.165, 1.54) is 0 Å². The fourth-order valence-corrected chi connectivity index (χ4v) is 2.29. The predicted molar refractivity (Wildman–Crippen MR) is 71.5 cm³/mol. The lowest BCUT2D eigenvalue weighted by atomic mass is 9.98. The van der Waals surface area contributed by atoms with Gasteiger partial charge in [0.25, 0.3) is 0 Å². The topological polar surface area (TPSA) is 62.9 Å². The fraction of sp³-hybridized carbons (Fsp3) is 0.571. The maximum Gasteiger partial charge on any atom is 0.161 e. The lowest BCUT2D eigenvalue weighted by Crippen LogP contribution is -2.32. The first kappa shape index (κ1) is 14.1. The summed E-state index contributed by atoms with van der Waals surface area (Å²) in [7, 11) is 3.25. The van der Waals surface area contributed by atoms with E-state index >= 15 is 0 Å².